The molecule has 110 valence electrons. The number of rotatable bonds is 4. The number of nitrogens with two attached hydrogens (primary N) is 1. The fraction of sp³-hybridized carbons (Fsp3) is 0.200. The first-order chi connectivity index (χ1) is 9.95. The lowest BCUT2D eigenvalue weighted by molar-refractivity contribution is -0.117. The number of carbonyl (C=O) groups excluding carboxylic acids is 1. The van der Waals surface area contributed by atoms with Gasteiger partial charge in [0.2, 0.25) is 5.91 Å². The number of carbonyl (C=O) groups is 1. The Kier molecular flexibility index (Phi) is 4.39. The summed E-state index contributed by atoms with van der Waals surface area (Å²) in [6.07, 6.45) is 1.86. The van der Waals surface area contributed by atoms with Crippen LogP contribution in [0.25, 0.3) is 0 Å². The Labute approximate surface area is 122 Å². The Balaban J connectivity index is 2.00. The van der Waals surface area contributed by atoms with Gasteiger partial charge in [0, 0.05) is 17.6 Å². The van der Waals surface area contributed by atoms with Crippen LogP contribution < -0.4 is 11.1 Å². The number of phenols is 2. The second kappa shape index (κ2) is 6.23. The molecule has 1 aromatic heterocycles. The number of aromatic hydroxyl groups is 2. The first kappa shape index (κ1) is 14.8. The molecule has 1 amide bonds. The second-order valence-electron chi connectivity index (χ2n) is 4.81. The third-order valence-corrected chi connectivity index (χ3v) is 3.00. The van der Waals surface area contributed by atoms with Crippen molar-refractivity contribution in [2.24, 2.45) is 5.73 Å². The van der Waals surface area contributed by atoms with E-state index >= 15 is 0 Å². The van der Waals surface area contributed by atoms with Crippen LogP contribution in [-0.2, 0) is 11.2 Å². The second-order valence-corrected chi connectivity index (χ2v) is 4.81. The number of amides is 1. The Morgan fingerprint density at radius 2 is 2.05 bits per heavy atom. The molecule has 1 aromatic carbocycles. The van der Waals surface area contributed by atoms with Gasteiger partial charge in [-0.25, -0.2) is 0 Å². The van der Waals surface area contributed by atoms with Crippen LogP contribution in [0.5, 0.6) is 11.5 Å². The van der Waals surface area contributed by atoms with E-state index < -0.39 is 6.04 Å². The molecule has 0 aliphatic carbocycles. The average molecular weight is 287 g/mol. The van der Waals surface area contributed by atoms with Crippen molar-refractivity contribution in [3.05, 3.63) is 47.8 Å². The highest BCUT2D eigenvalue weighted by molar-refractivity contribution is 5.94. The lowest BCUT2D eigenvalue weighted by atomic mass is 10.1. The molecule has 21 heavy (non-hydrogen) atoms. The largest absolute Gasteiger partial charge is 0.504 e. The van der Waals surface area contributed by atoms with Crippen LogP contribution >= 0.6 is 0 Å². The minimum atomic E-state index is -0.762. The highest BCUT2D eigenvalue weighted by Crippen LogP contribution is 2.25. The first-order valence-electron chi connectivity index (χ1n) is 6.45. The Morgan fingerprint density at radius 1 is 1.29 bits per heavy atom. The molecule has 0 fully saturated rings. The minimum Gasteiger partial charge on any atom is -0.504 e. The van der Waals surface area contributed by atoms with Crippen LogP contribution in [0.3, 0.4) is 0 Å². The van der Waals surface area contributed by atoms with Gasteiger partial charge in [0.15, 0.2) is 11.5 Å². The van der Waals surface area contributed by atoms with Crippen LogP contribution in [0, 0.1) is 6.92 Å². The summed E-state index contributed by atoms with van der Waals surface area (Å²) in [7, 11) is 0. The van der Waals surface area contributed by atoms with Crippen molar-refractivity contribution in [1.29, 1.82) is 0 Å². The van der Waals surface area contributed by atoms with Gasteiger partial charge in [-0.3, -0.25) is 9.78 Å². The van der Waals surface area contributed by atoms with Crippen molar-refractivity contribution in [3.8, 4) is 11.5 Å². The molecule has 0 radical (unpaired) electrons. The van der Waals surface area contributed by atoms with Crippen LogP contribution in [0.1, 0.15) is 11.3 Å². The topological polar surface area (TPSA) is 108 Å². The summed E-state index contributed by atoms with van der Waals surface area (Å²) in [5.41, 5.74) is 7.95. The van der Waals surface area contributed by atoms with Gasteiger partial charge < -0.3 is 21.3 Å². The van der Waals surface area contributed by atoms with Gasteiger partial charge in [-0.2, -0.15) is 0 Å². The van der Waals surface area contributed by atoms with Gasteiger partial charge in [0.25, 0.3) is 0 Å². The summed E-state index contributed by atoms with van der Waals surface area (Å²) in [6.45, 7) is 1.83. The molecule has 0 saturated carbocycles. The molecular weight excluding hydrogens is 270 g/mol. The van der Waals surface area contributed by atoms with E-state index in [-0.39, 0.29) is 23.8 Å². The zero-order valence-electron chi connectivity index (χ0n) is 11.6. The molecule has 0 aliphatic heterocycles. The molecule has 6 nitrogen and oxygen atoms in total. The van der Waals surface area contributed by atoms with E-state index in [2.05, 4.69) is 10.3 Å². The normalized spacial score (nSPS) is 11.9. The number of aromatic nitrogens is 1. The van der Waals surface area contributed by atoms with E-state index in [1.807, 2.05) is 6.92 Å². The number of nitrogens with one attached hydrogen (secondary N) is 1. The molecule has 0 spiro atoms. The lowest BCUT2D eigenvalue weighted by Crippen LogP contribution is -2.37. The van der Waals surface area contributed by atoms with Crippen molar-refractivity contribution in [2.75, 3.05) is 5.32 Å². The van der Waals surface area contributed by atoms with Crippen molar-refractivity contribution in [3.63, 3.8) is 0 Å². The summed E-state index contributed by atoms with van der Waals surface area (Å²) in [4.78, 5) is 16.1. The minimum absolute atomic E-state index is 0.205. The van der Waals surface area contributed by atoms with Crippen LogP contribution in [0.15, 0.2) is 36.5 Å². The predicted molar refractivity (Wildman–Crippen MR) is 79.1 cm³/mol. The van der Waals surface area contributed by atoms with E-state index in [0.717, 1.165) is 5.69 Å². The van der Waals surface area contributed by atoms with E-state index in [1.165, 1.54) is 12.1 Å². The van der Waals surface area contributed by atoms with Gasteiger partial charge in [0.1, 0.15) is 0 Å². The first-order valence-corrected chi connectivity index (χ1v) is 6.45. The van der Waals surface area contributed by atoms with Gasteiger partial charge in [-0.15, -0.1) is 0 Å². The summed E-state index contributed by atoms with van der Waals surface area (Å²) in [5.74, 6) is -0.762. The summed E-state index contributed by atoms with van der Waals surface area (Å²) in [6, 6.07) is 7.03. The monoisotopic (exact) mass is 287 g/mol. The number of pyridine rings is 1. The Bertz CT molecular complexity index is 658. The van der Waals surface area contributed by atoms with E-state index in [4.69, 9.17) is 5.73 Å². The van der Waals surface area contributed by atoms with Crippen molar-refractivity contribution >= 4 is 11.6 Å². The number of benzene rings is 1. The number of phenolic OH excluding ortho intramolecular Hbond substituents is 2. The van der Waals surface area contributed by atoms with E-state index in [9.17, 15) is 15.0 Å². The number of anilines is 1. The number of hydrogen-bond acceptors (Lipinski definition) is 5. The highest BCUT2D eigenvalue weighted by Gasteiger charge is 2.15. The Hall–Kier alpha value is -2.60. The van der Waals surface area contributed by atoms with E-state index in [1.54, 1.807) is 24.4 Å². The third kappa shape index (κ3) is 3.93. The van der Waals surface area contributed by atoms with Crippen molar-refractivity contribution < 1.29 is 15.0 Å². The van der Waals surface area contributed by atoms with E-state index in [0.29, 0.717) is 11.3 Å². The molecule has 1 atom stereocenters. The average Bonchev–Trinajstić information content (AvgIpc) is 2.43. The summed E-state index contributed by atoms with van der Waals surface area (Å²) in [5, 5.41) is 21.4. The van der Waals surface area contributed by atoms with Gasteiger partial charge in [-0.1, -0.05) is 6.07 Å². The van der Waals surface area contributed by atoms with Crippen LogP contribution in [0.4, 0.5) is 5.69 Å². The van der Waals surface area contributed by atoms with Gasteiger partial charge in [0.05, 0.1) is 6.04 Å². The molecule has 0 unspecified atom stereocenters. The molecule has 0 saturated heterocycles. The van der Waals surface area contributed by atoms with Crippen molar-refractivity contribution in [2.45, 2.75) is 19.4 Å². The zero-order chi connectivity index (χ0) is 15.4. The molecule has 6 heteroatoms. The summed E-state index contributed by atoms with van der Waals surface area (Å²) >= 11 is 0. The number of hydrogen-bond donors (Lipinski definition) is 4. The molecular formula is C15H17N3O3. The number of nitrogens with zero attached hydrogens (tertiary/aromatic N) is 1. The maximum Gasteiger partial charge on any atom is 0.241 e. The standard InChI is InChI=1S/C15H17N3O3/c1-9-6-11(4-5-17-9)18-15(21)12(16)7-10-2-3-13(19)14(20)8-10/h2-6,8,12,19-20H,7,16H2,1H3,(H,17,18,21)/t12-/m0/s1. The molecule has 0 bridgehead atoms. The third-order valence-electron chi connectivity index (χ3n) is 3.00. The van der Waals surface area contributed by atoms with Gasteiger partial charge >= 0.3 is 0 Å². The fourth-order valence-corrected chi connectivity index (χ4v) is 1.90. The molecule has 2 rings (SSSR count). The maximum atomic E-state index is 12.0. The predicted octanol–water partition coefficient (Wildman–Crippen LogP) is 1.31. The lowest BCUT2D eigenvalue weighted by Gasteiger charge is -2.13. The molecule has 5 N–H and O–H groups in total. The quantitative estimate of drug-likeness (QED) is 0.634. The highest BCUT2D eigenvalue weighted by atomic mass is 16.3. The smallest absolute Gasteiger partial charge is 0.241 e. The zero-order valence-corrected chi connectivity index (χ0v) is 11.6. The SMILES string of the molecule is Cc1cc(NC(=O)[C@@H](N)Cc2ccc(O)c(O)c2)ccn1. The summed E-state index contributed by atoms with van der Waals surface area (Å²) < 4.78 is 0. The van der Waals surface area contributed by atoms with Gasteiger partial charge in [-0.05, 0) is 43.2 Å². The Morgan fingerprint density at radius 3 is 2.71 bits per heavy atom. The molecule has 0 aliphatic rings. The molecule has 2 aromatic rings. The van der Waals surface area contributed by atoms with Crippen LogP contribution in [-0.4, -0.2) is 27.1 Å². The van der Waals surface area contributed by atoms with Crippen LogP contribution in [0.2, 0.25) is 0 Å². The maximum absolute atomic E-state index is 12.0. The van der Waals surface area contributed by atoms with Crippen molar-refractivity contribution in [1.82, 2.24) is 4.98 Å². The molecule has 1 heterocycles. The number of aryl methyl sites for hydroxylation is 1. The fourth-order valence-electron chi connectivity index (χ4n) is 1.90.